The van der Waals surface area contributed by atoms with Crippen LogP contribution in [0.5, 0.6) is 0 Å². The van der Waals surface area contributed by atoms with E-state index in [0.717, 1.165) is 103 Å². The number of ether oxygens (including phenoxy) is 1. The summed E-state index contributed by atoms with van der Waals surface area (Å²) in [4.78, 5) is 9.94. The monoisotopic (exact) mass is 448 g/mol. The lowest BCUT2D eigenvalue weighted by Gasteiger charge is -2.29. The summed E-state index contributed by atoms with van der Waals surface area (Å²) in [6, 6.07) is 0. The van der Waals surface area contributed by atoms with Gasteiger partial charge in [-0.05, 0) is 57.8 Å². The molecule has 0 aromatic carbocycles. The standard InChI is InChI=1S/C23H44N8O/c1-3-22-28-27-20-31(22)15-10-26-23(25-9-5-12-30-16-18-32-19-17-30)24-8-4-11-29-13-6-21(2)7-14-29/h20-21H,3-19H2,1-2H3,(H2,24,25,26). The Kier molecular flexibility index (Phi) is 11.2. The first-order valence-corrected chi connectivity index (χ1v) is 12.7. The summed E-state index contributed by atoms with van der Waals surface area (Å²) in [5, 5.41) is 15.2. The number of nitrogens with one attached hydrogen (secondary N) is 2. The molecule has 182 valence electrons. The van der Waals surface area contributed by atoms with Gasteiger partial charge < -0.3 is 24.8 Å². The van der Waals surface area contributed by atoms with Crippen LogP contribution < -0.4 is 10.6 Å². The third kappa shape index (κ3) is 9.03. The summed E-state index contributed by atoms with van der Waals surface area (Å²) in [6.07, 6.45) is 7.61. The molecular formula is C23H44N8O. The molecule has 0 radical (unpaired) electrons. The van der Waals surface area contributed by atoms with Crippen molar-refractivity contribution in [3.8, 4) is 0 Å². The minimum atomic E-state index is 0.810. The van der Waals surface area contributed by atoms with Crippen LogP contribution in [0.3, 0.4) is 0 Å². The van der Waals surface area contributed by atoms with Gasteiger partial charge in [-0.2, -0.15) is 0 Å². The first-order valence-electron chi connectivity index (χ1n) is 12.7. The summed E-state index contributed by atoms with van der Waals surface area (Å²) < 4.78 is 7.55. The lowest BCUT2D eigenvalue weighted by Crippen LogP contribution is -2.41. The average molecular weight is 449 g/mol. The van der Waals surface area contributed by atoms with Crippen molar-refractivity contribution in [2.75, 3.05) is 72.1 Å². The van der Waals surface area contributed by atoms with Gasteiger partial charge in [0.05, 0.1) is 13.2 Å². The highest BCUT2D eigenvalue weighted by molar-refractivity contribution is 5.79. The van der Waals surface area contributed by atoms with Crippen molar-refractivity contribution in [3.05, 3.63) is 12.2 Å². The molecule has 0 unspecified atom stereocenters. The molecule has 2 aliphatic rings. The molecule has 1 aromatic heterocycles. The van der Waals surface area contributed by atoms with Crippen LogP contribution in [0.25, 0.3) is 0 Å². The maximum Gasteiger partial charge on any atom is 0.191 e. The predicted molar refractivity (Wildman–Crippen MR) is 129 cm³/mol. The zero-order chi connectivity index (χ0) is 22.4. The molecule has 3 heterocycles. The number of hydrogen-bond acceptors (Lipinski definition) is 6. The second-order valence-corrected chi connectivity index (χ2v) is 9.06. The largest absolute Gasteiger partial charge is 0.379 e. The number of aryl methyl sites for hydroxylation is 1. The molecule has 2 fully saturated rings. The SMILES string of the molecule is CCc1nncn1CCNC(=NCCCN1CCC(C)CC1)NCCCN1CCOCC1. The van der Waals surface area contributed by atoms with Crippen molar-refractivity contribution in [2.24, 2.45) is 10.9 Å². The molecule has 0 bridgehead atoms. The zero-order valence-corrected chi connectivity index (χ0v) is 20.3. The molecule has 9 nitrogen and oxygen atoms in total. The summed E-state index contributed by atoms with van der Waals surface area (Å²) in [5.74, 6) is 2.84. The molecular weight excluding hydrogens is 404 g/mol. The molecule has 3 rings (SSSR count). The highest BCUT2D eigenvalue weighted by Gasteiger charge is 2.14. The van der Waals surface area contributed by atoms with Crippen molar-refractivity contribution < 1.29 is 4.74 Å². The summed E-state index contributed by atoms with van der Waals surface area (Å²) >= 11 is 0. The van der Waals surface area contributed by atoms with Crippen LogP contribution >= 0.6 is 0 Å². The number of piperidine rings is 1. The quantitative estimate of drug-likeness (QED) is 0.283. The van der Waals surface area contributed by atoms with E-state index in [4.69, 9.17) is 9.73 Å². The van der Waals surface area contributed by atoms with E-state index in [2.05, 4.69) is 49.0 Å². The summed E-state index contributed by atoms with van der Waals surface area (Å²) in [6.45, 7) is 16.5. The molecule has 1 aromatic rings. The minimum absolute atomic E-state index is 0.810. The summed E-state index contributed by atoms with van der Waals surface area (Å²) in [5.41, 5.74) is 0. The van der Waals surface area contributed by atoms with Gasteiger partial charge in [0.2, 0.25) is 0 Å². The maximum absolute atomic E-state index is 5.44. The second-order valence-electron chi connectivity index (χ2n) is 9.06. The van der Waals surface area contributed by atoms with Gasteiger partial charge in [0, 0.05) is 45.7 Å². The van der Waals surface area contributed by atoms with Gasteiger partial charge in [0.15, 0.2) is 5.96 Å². The summed E-state index contributed by atoms with van der Waals surface area (Å²) in [7, 11) is 0. The lowest BCUT2D eigenvalue weighted by atomic mass is 9.99. The van der Waals surface area contributed by atoms with Crippen LogP contribution in [-0.2, 0) is 17.7 Å². The molecule has 2 saturated heterocycles. The molecule has 0 amide bonds. The van der Waals surface area contributed by atoms with Gasteiger partial charge in [-0.3, -0.25) is 9.89 Å². The first kappa shape index (κ1) is 24.9. The topological polar surface area (TPSA) is 82.8 Å². The van der Waals surface area contributed by atoms with Crippen molar-refractivity contribution in [2.45, 2.75) is 52.5 Å². The minimum Gasteiger partial charge on any atom is -0.379 e. The molecule has 2 aliphatic heterocycles. The Bertz CT molecular complexity index is 650. The molecule has 32 heavy (non-hydrogen) atoms. The third-order valence-electron chi connectivity index (χ3n) is 6.48. The smallest absolute Gasteiger partial charge is 0.191 e. The van der Waals surface area contributed by atoms with Crippen molar-refractivity contribution >= 4 is 5.96 Å². The number of likely N-dealkylation sites (tertiary alicyclic amines) is 1. The molecule has 0 atom stereocenters. The van der Waals surface area contributed by atoms with Gasteiger partial charge in [0.25, 0.3) is 0 Å². The van der Waals surface area contributed by atoms with Gasteiger partial charge >= 0.3 is 0 Å². The van der Waals surface area contributed by atoms with E-state index in [9.17, 15) is 0 Å². The van der Waals surface area contributed by atoms with Crippen LogP contribution in [0.15, 0.2) is 11.3 Å². The molecule has 0 spiro atoms. The third-order valence-corrected chi connectivity index (χ3v) is 6.48. The highest BCUT2D eigenvalue weighted by Crippen LogP contribution is 2.15. The molecule has 2 N–H and O–H groups in total. The Morgan fingerprint density at radius 2 is 1.75 bits per heavy atom. The number of morpholine rings is 1. The van der Waals surface area contributed by atoms with E-state index >= 15 is 0 Å². The van der Waals surface area contributed by atoms with E-state index < -0.39 is 0 Å². The van der Waals surface area contributed by atoms with E-state index in [1.54, 1.807) is 0 Å². The van der Waals surface area contributed by atoms with E-state index in [0.29, 0.717) is 0 Å². The van der Waals surface area contributed by atoms with Gasteiger partial charge in [-0.1, -0.05) is 13.8 Å². The highest BCUT2D eigenvalue weighted by atomic mass is 16.5. The van der Waals surface area contributed by atoms with Gasteiger partial charge in [0.1, 0.15) is 12.2 Å². The Morgan fingerprint density at radius 3 is 2.53 bits per heavy atom. The Balaban J connectivity index is 1.39. The van der Waals surface area contributed by atoms with Crippen LogP contribution in [0.2, 0.25) is 0 Å². The number of rotatable bonds is 12. The van der Waals surface area contributed by atoms with Crippen LogP contribution in [0.1, 0.15) is 45.4 Å². The van der Waals surface area contributed by atoms with Crippen LogP contribution in [-0.4, -0.2) is 103 Å². The van der Waals surface area contributed by atoms with Crippen molar-refractivity contribution in [3.63, 3.8) is 0 Å². The van der Waals surface area contributed by atoms with Crippen molar-refractivity contribution in [1.82, 2.24) is 35.2 Å². The Labute approximate surface area is 194 Å². The Morgan fingerprint density at radius 1 is 1.03 bits per heavy atom. The fraction of sp³-hybridized carbons (Fsp3) is 0.870. The molecule has 0 saturated carbocycles. The fourth-order valence-electron chi connectivity index (χ4n) is 4.31. The lowest BCUT2D eigenvalue weighted by molar-refractivity contribution is 0.0376. The fourth-order valence-corrected chi connectivity index (χ4v) is 4.31. The van der Waals surface area contributed by atoms with E-state index in [-0.39, 0.29) is 0 Å². The maximum atomic E-state index is 5.44. The van der Waals surface area contributed by atoms with E-state index in [1.807, 2.05) is 6.33 Å². The number of aromatic nitrogens is 3. The van der Waals surface area contributed by atoms with Gasteiger partial charge in [-0.25, -0.2) is 0 Å². The second kappa shape index (κ2) is 14.4. The number of nitrogens with zero attached hydrogens (tertiary/aromatic N) is 6. The first-order chi connectivity index (χ1) is 15.7. The normalized spacial score (nSPS) is 19.4. The zero-order valence-electron chi connectivity index (χ0n) is 20.3. The number of guanidine groups is 1. The molecule has 9 heteroatoms. The van der Waals surface area contributed by atoms with Crippen LogP contribution in [0, 0.1) is 5.92 Å². The number of hydrogen-bond donors (Lipinski definition) is 2. The van der Waals surface area contributed by atoms with Crippen LogP contribution in [0.4, 0.5) is 0 Å². The number of aliphatic imine (C=N–C) groups is 1. The predicted octanol–water partition coefficient (Wildman–Crippen LogP) is 1.22. The van der Waals surface area contributed by atoms with Crippen molar-refractivity contribution in [1.29, 1.82) is 0 Å². The van der Waals surface area contributed by atoms with Gasteiger partial charge in [-0.15, -0.1) is 10.2 Å². The Hall–Kier alpha value is -1.71. The average Bonchev–Trinajstić information content (AvgIpc) is 3.28. The molecule has 0 aliphatic carbocycles. The van der Waals surface area contributed by atoms with E-state index in [1.165, 1.54) is 25.9 Å².